The molecule has 1 aliphatic heterocycles. The van der Waals surface area contributed by atoms with Gasteiger partial charge in [-0.25, -0.2) is 9.97 Å². The molecule has 4 aromatic rings. The Bertz CT molecular complexity index is 1080. The summed E-state index contributed by atoms with van der Waals surface area (Å²) in [5.41, 5.74) is 2.13. The number of aromatic nitrogens is 2. The van der Waals surface area contributed by atoms with Crippen LogP contribution in [0.2, 0.25) is 0 Å². The molecule has 0 N–H and O–H groups in total. The number of para-hydroxylation sites is 2. The van der Waals surface area contributed by atoms with E-state index in [2.05, 4.69) is 35.2 Å². The molecule has 0 radical (unpaired) electrons. The summed E-state index contributed by atoms with van der Waals surface area (Å²) in [6, 6.07) is 16.7. The number of thiazole rings is 2. The van der Waals surface area contributed by atoms with Crippen molar-refractivity contribution >= 4 is 49.0 Å². The van der Waals surface area contributed by atoms with Crippen molar-refractivity contribution in [1.82, 2.24) is 14.9 Å². The lowest BCUT2D eigenvalue weighted by Gasteiger charge is -2.23. The molecule has 1 fully saturated rings. The smallest absolute Gasteiger partial charge is 0.223 e. The average Bonchev–Trinajstić information content (AvgIpc) is 3.47. The predicted octanol–water partition coefficient (Wildman–Crippen LogP) is 5.98. The van der Waals surface area contributed by atoms with Crippen LogP contribution in [0.4, 0.5) is 0 Å². The van der Waals surface area contributed by atoms with Gasteiger partial charge in [-0.3, -0.25) is 4.79 Å². The van der Waals surface area contributed by atoms with Gasteiger partial charge in [-0.2, -0.15) is 0 Å². The number of carbonyl (C=O) groups excluding carboxylic acids is 1. The van der Waals surface area contributed by atoms with Crippen LogP contribution in [0.1, 0.15) is 48.2 Å². The Morgan fingerprint density at radius 1 is 0.966 bits per heavy atom. The number of likely N-dealkylation sites (tertiary alicyclic amines) is 1. The Morgan fingerprint density at radius 3 is 2.45 bits per heavy atom. The van der Waals surface area contributed by atoms with E-state index in [1.165, 1.54) is 14.4 Å². The van der Waals surface area contributed by atoms with E-state index in [9.17, 15) is 4.79 Å². The fourth-order valence-corrected chi connectivity index (χ4v) is 6.20. The van der Waals surface area contributed by atoms with E-state index in [-0.39, 0.29) is 11.9 Å². The summed E-state index contributed by atoms with van der Waals surface area (Å²) in [6.07, 6.45) is 5.58. The predicted molar refractivity (Wildman–Crippen MR) is 120 cm³/mol. The number of aryl methyl sites for hydroxylation is 1. The van der Waals surface area contributed by atoms with E-state index < -0.39 is 0 Å². The molecule has 148 valence electrons. The third-order valence-electron chi connectivity index (χ3n) is 5.54. The van der Waals surface area contributed by atoms with Gasteiger partial charge in [0.05, 0.1) is 31.5 Å². The highest BCUT2D eigenvalue weighted by molar-refractivity contribution is 7.18. The van der Waals surface area contributed by atoms with Crippen LogP contribution in [0.15, 0.2) is 48.5 Å². The standard InChI is InChI=1S/C23H23N3OS2/c27-22(14-6-5-13-21-24-16-8-1-3-11-19(16)28-21)26-15-7-10-18(26)23-25-17-9-2-4-12-20(17)29-23/h1-4,8-9,11-12,18H,5-7,10,13-15H2/t18-/m0/s1. The molecular weight excluding hydrogens is 398 g/mol. The van der Waals surface area contributed by atoms with Gasteiger partial charge in [0.2, 0.25) is 5.91 Å². The van der Waals surface area contributed by atoms with E-state index >= 15 is 0 Å². The highest BCUT2D eigenvalue weighted by Crippen LogP contribution is 2.37. The van der Waals surface area contributed by atoms with Crippen LogP contribution in [-0.2, 0) is 11.2 Å². The van der Waals surface area contributed by atoms with Gasteiger partial charge in [0.15, 0.2) is 0 Å². The lowest BCUT2D eigenvalue weighted by atomic mass is 10.1. The molecule has 0 spiro atoms. The summed E-state index contributed by atoms with van der Waals surface area (Å²) in [6.45, 7) is 0.858. The van der Waals surface area contributed by atoms with Crippen molar-refractivity contribution in [2.45, 2.75) is 44.6 Å². The minimum Gasteiger partial charge on any atom is -0.333 e. The van der Waals surface area contributed by atoms with E-state index in [0.29, 0.717) is 6.42 Å². The van der Waals surface area contributed by atoms with E-state index in [1.807, 2.05) is 18.2 Å². The SMILES string of the molecule is O=C(CCCCc1nc2ccccc2s1)N1CCC[C@H]1c1nc2ccccc2s1. The molecule has 29 heavy (non-hydrogen) atoms. The first-order valence-electron chi connectivity index (χ1n) is 10.3. The van der Waals surface area contributed by atoms with E-state index in [0.717, 1.165) is 54.7 Å². The van der Waals surface area contributed by atoms with Gasteiger partial charge in [-0.1, -0.05) is 24.3 Å². The van der Waals surface area contributed by atoms with Crippen molar-refractivity contribution in [2.75, 3.05) is 6.54 Å². The molecular formula is C23H23N3OS2. The Hall–Kier alpha value is -2.31. The molecule has 0 saturated carbocycles. The monoisotopic (exact) mass is 421 g/mol. The summed E-state index contributed by atoms with van der Waals surface area (Å²) in [5.74, 6) is 0.274. The largest absolute Gasteiger partial charge is 0.333 e. The molecule has 0 aliphatic carbocycles. The summed E-state index contributed by atoms with van der Waals surface area (Å²) < 4.78 is 2.45. The third kappa shape index (κ3) is 3.91. The quantitative estimate of drug-likeness (QED) is 0.360. The summed E-state index contributed by atoms with van der Waals surface area (Å²) in [4.78, 5) is 24.4. The zero-order chi connectivity index (χ0) is 19.6. The van der Waals surface area contributed by atoms with Gasteiger partial charge in [-0.05, 0) is 56.4 Å². The number of amides is 1. The molecule has 4 nitrogen and oxygen atoms in total. The number of unbranched alkanes of at least 4 members (excludes halogenated alkanes) is 1. The van der Waals surface area contributed by atoms with Crippen LogP contribution in [0.5, 0.6) is 0 Å². The highest BCUT2D eigenvalue weighted by Gasteiger charge is 2.31. The average molecular weight is 422 g/mol. The molecule has 6 heteroatoms. The second kappa shape index (κ2) is 8.20. The van der Waals surface area contributed by atoms with Crippen LogP contribution in [0.3, 0.4) is 0 Å². The number of nitrogens with zero attached hydrogens (tertiary/aromatic N) is 3. The fraction of sp³-hybridized carbons (Fsp3) is 0.348. The topological polar surface area (TPSA) is 46.1 Å². The number of benzene rings is 2. The van der Waals surface area contributed by atoms with Crippen molar-refractivity contribution < 1.29 is 4.79 Å². The van der Waals surface area contributed by atoms with Crippen molar-refractivity contribution in [1.29, 1.82) is 0 Å². The zero-order valence-electron chi connectivity index (χ0n) is 16.2. The highest BCUT2D eigenvalue weighted by atomic mass is 32.1. The summed E-state index contributed by atoms with van der Waals surface area (Å²) in [7, 11) is 0. The number of hydrogen-bond donors (Lipinski definition) is 0. The van der Waals surface area contributed by atoms with Crippen LogP contribution in [0.25, 0.3) is 20.4 Å². The van der Waals surface area contributed by atoms with Crippen molar-refractivity contribution in [3.63, 3.8) is 0 Å². The lowest BCUT2D eigenvalue weighted by molar-refractivity contribution is -0.132. The first kappa shape index (κ1) is 18.7. The Morgan fingerprint density at radius 2 is 1.69 bits per heavy atom. The number of carbonyl (C=O) groups is 1. The summed E-state index contributed by atoms with van der Waals surface area (Å²) >= 11 is 3.50. The maximum Gasteiger partial charge on any atom is 0.223 e. The van der Waals surface area contributed by atoms with Crippen molar-refractivity contribution in [3.8, 4) is 0 Å². The van der Waals surface area contributed by atoms with Gasteiger partial charge in [-0.15, -0.1) is 22.7 Å². The maximum absolute atomic E-state index is 12.9. The maximum atomic E-state index is 12.9. The van der Waals surface area contributed by atoms with Gasteiger partial charge < -0.3 is 4.90 Å². The van der Waals surface area contributed by atoms with E-state index in [1.54, 1.807) is 22.7 Å². The first-order chi connectivity index (χ1) is 14.3. The lowest BCUT2D eigenvalue weighted by Crippen LogP contribution is -2.30. The molecule has 1 amide bonds. The summed E-state index contributed by atoms with van der Waals surface area (Å²) in [5, 5.41) is 2.26. The minimum absolute atomic E-state index is 0.157. The molecule has 1 aliphatic rings. The van der Waals surface area contributed by atoms with Crippen LogP contribution < -0.4 is 0 Å². The first-order valence-corrected chi connectivity index (χ1v) is 11.9. The molecule has 0 unspecified atom stereocenters. The van der Waals surface area contributed by atoms with Crippen molar-refractivity contribution in [3.05, 3.63) is 58.5 Å². The molecule has 2 aromatic heterocycles. The number of fused-ring (bicyclic) bond motifs is 2. The minimum atomic E-state index is 0.157. The Balaban J connectivity index is 1.17. The second-order valence-electron chi connectivity index (χ2n) is 7.55. The van der Waals surface area contributed by atoms with Crippen LogP contribution in [0, 0.1) is 0 Å². The van der Waals surface area contributed by atoms with Gasteiger partial charge in [0, 0.05) is 13.0 Å². The van der Waals surface area contributed by atoms with Crippen LogP contribution >= 0.6 is 22.7 Å². The normalized spacial score (nSPS) is 16.8. The number of hydrogen-bond acceptors (Lipinski definition) is 5. The van der Waals surface area contributed by atoms with E-state index in [4.69, 9.17) is 9.97 Å². The third-order valence-corrected chi connectivity index (χ3v) is 7.77. The van der Waals surface area contributed by atoms with Gasteiger partial charge in [0.1, 0.15) is 5.01 Å². The Labute approximate surface area is 178 Å². The molecule has 2 aromatic carbocycles. The zero-order valence-corrected chi connectivity index (χ0v) is 17.8. The van der Waals surface area contributed by atoms with Crippen LogP contribution in [-0.4, -0.2) is 27.3 Å². The fourth-order valence-electron chi connectivity index (χ4n) is 4.08. The second-order valence-corrected chi connectivity index (χ2v) is 9.72. The Kier molecular flexibility index (Phi) is 5.29. The molecule has 0 bridgehead atoms. The van der Waals surface area contributed by atoms with Gasteiger partial charge in [0.25, 0.3) is 0 Å². The molecule has 1 saturated heterocycles. The molecule has 3 heterocycles. The molecule has 1 atom stereocenters. The molecule has 5 rings (SSSR count). The van der Waals surface area contributed by atoms with Gasteiger partial charge >= 0.3 is 0 Å². The number of rotatable bonds is 6. The van der Waals surface area contributed by atoms with Crippen molar-refractivity contribution in [2.24, 2.45) is 0 Å².